The molecule has 0 radical (unpaired) electrons. The third-order valence-electron chi connectivity index (χ3n) is 4.51. The monoisotopic (exact) mass is 303 g/mol. The summed E-state index contributed by atoms with van der Waals surface area (Å²) in [7, 11) is 1.86. The molecule has 1 aliphatic carbocycles. The summed E-state index contributed by atoms with van der Waals surface area (Å²) in [6, 6.07) is 7.29. The zero-order valence-corrected chi connectivity index (χ0v) is 13.3. The molecule has 1 aromatic carbocycles. The lowest BCUT2D eigenvalue weighted by Gasteiger charge is -2.33. The summed E-state index contributed by atoms with van der Waals surface area (Å²) in [5.74, 6) is 0.311. The van der Waals surface area contributed by atoms with Gasteiger partial charge in [-0.1, -0.05) is 19.1 Å². The summed E-state index contributed by atoms with van der Waals surface area (Å²) < 4.78 is 0. The number of nitrogens with two attached hydrogens (primary N) is 1. The van der Waals surface area contributed by atoms with E-state index in [1.807, 2.05) is 18.0 Å². The molecule has 3 N–H and O–H groups in total. The fourth-order valence-electron chi connectivity index (χ4n) is 2.93. The van der Waals surface area contributed by atoms with Crippen molar-refractivity contribution in [2.75, 3.05) is 7.05 Å². The maximum atomic E-state index is 12.2. The van der Waals surface area contributed by atoms with Crippen LogP contribution in [0.15, 0.2) is 24.3 Å². The first kappa shape index (κ1) is 16.3. The molecule has 1 aromatic rings. The van der Waals surface area contributed by atoms with Crippen LogP contribution in [0.5, 0.6) is 0 Å². The average Bonchev–Trinajstić information content (AvgIpc) is 2.53. The Balaban J connectivity index is 1.87. The van der Waals surface area contributed by atoms with E-state index in [0.29, 0.717) is 18.2 Å². The Labute approximate surface area is 131 Å². The van der Waals surface area contributed by atoms with Crippen molar-refractivity contribution in [3.63, 3.8) is 0 Å². The Hall–Kier alpha value is -2.04. The maximum Gasteiger partial charge on any atom is 0.317 e. The Morgan fingerprint density at radius 2 is 1.95 bits per heavy atom. The van der Waals surface area contributed by atoms with Gasteiger partial charge in [-0.05, 0) is 49.3 Å². The molecule has 1 aliphatic rings. The van der Waals surface area contributed by atoms with Crippen molar-refractivity contribution < 1.29 is 9.59 Å². The van der Waals surface area contributed by atoms with Crippen LogP contribution >= 0.6 is 0 Å². The fraction of sp³-hybridized carbons (Fsp3) is 0.529. The number of nitrogens with zero attached hydrogens (tertiary/aromatic N) is 1. The molecule has 3 amide bonds. The number of benzene rings is 1. The van der Waals surface area contributed by atoms with Crippen molar-refractivity contribution in [2.45, 2.75) is 45.2 Å². The van der Waals surface area contributed by atoms with E-state index in [0.717, 1.165) is 24.3 Å². The lowest BCUT2D eigenvalue weighted by molar-refractivity contribution is 0.1000. The molecule has 0 aliphatic heterocycles. The van der Waals surface area contributed by atoms with E-state index in [-0.39, 0.29) is 6.03 Å². The second-order valence-electron chi connectivity index (χ2n) is 6.25. The molecule has 5 nitrogen and oxygen atoms in total. The quantitative estimate of drug-likeness (QED) is 0.896. The van der Waals surface area contributed by atoms with E-state index >= 15 is 0 Å². The molecule has 1 saturated carbocycles. The van der Waals surface area contributed by atoms with Crippen molar-refractivity contribution in [1.29, 1.82) is 0 Å². The lowest BCUT2D eigenvalue weighted by Crippen LogP contribution is -2.44. The standard InChI is InChI=1S/C17H25N3O2/c1-12-6-8-15(9-7-12)20(2)17(22)19-11-13-4-3-5-14(10-13)16(18)21/h3-5,10,12,15H,6-9,11H2,1-2H3,(H2,18,21)(H,19,22). The maximum absolute atomic E-state index is 12.2. The molecular formula is C17H25N3O2. The van der Waals surface area contributed by atoms with E-state index in [2.05, 4.69) is 12.2 Å². The molecule has 5 heteroatoms. The van der Waals surface area contributed by atoms with Crippen molar-refractivity contribution in [1.82, 2.24) is 10.2 Å². The lowest BCUT2D eigenvalue weighted by atomic mass is 9.87. The minimum Gasteiger partial charge on any atom is -0.366 e. The van der Waals surface area contributed by atoms with Gasteiger partial charge in [0.2, 0.25) is 5.91 Å². The number of hydrogen-bond donors (Lipinski definition) is 2. The van der Waals surface area contributed by atoms with Crippen LogP contribution in [0.25, 0.3) is 0 Å². The van der Waals surface area contributed by atoms with Gasteiger partial charge in [-0.15, -0.1) is 0 Å². The van der Waals surface area contributed by atoms with Gasteiger partial charge < -0.3 is 16.0 Å². The third kappa shape index (κ3) is 4.23. The van der Waals surface area contributed by atoms with Gasteiger partial charge in [0.05, 0.1) is 0 Å². The highest BCUT2D eigenvalue weighted by Crippen LogP contribution is 2.26. The molecule has 22 heavy (non-hydrogen) atoms. The Morgan fingerprint density at radius 3 is 2.59 bits per heavy atom. The number of carbonyl (C=O) groups excluding carboxylic acids is 2. The first-order valence-electron chi connectivity index (χ1n) is 7.86. The summed E-state index contributed by atoms with van der Waals surface area (Å²) in [6.45, 7) is 2.66. The van der Waals surface area contributed by atoms with Gasteiger partial charge in [0.25, 0.3) is 0 Å². The van der Waals surface area contributed by atoms with Crippen LogP contribution in [0.3, 0.4) is 0 Å². The third-order valence-corrected chi connectivity index (χ3v) is 4.51. The smallest absolute Gasteiger partial charge is 0.317 e. The largest absolute Gasteiger partial charge is 0.366 e. The number of carbonyl (C=O) groups is 2. The van der Waals surface area contributed by atoms with Crippen molar-refractivity contribution in [3.8, 4) is 0 Å². The summed E-state index contributed by atoms with van der Waals surface area (Å²) in [5.41, 5.74) is 6.59. The minimum atomic E-state index is -0.457. The normalized spacial score (nSPS) is 21.2. The SMILES string of the molecule is CC1CCC(N(C)C(=O)NCc2cccc(C(N)=O)c2)CC1. The second-order valence-corrected chi connectivity index (χ2v) is 6.25. The van der Waals surface area contributed by atoms with E-state index in [1.165, 1.54) is 12.8 Å². The molecule has 0 heterocycles. The van der Waals surface area contributed by atoms with Crippen molar-refractivity contribution >= 4 is 11.9 Å². The van der Waals surface area contributed by atoms with Crippen LogP contribution in [0.1, 0.15) is 48.5 Å². The first-order chi connectivity index (χ1) is 10.5. The van der Waals surface area contributed by atoms with Gasteiger partial charge in [-0.2, -0.15) is 0 Å². The number of urea groups is 1. The molecular weight excluding hydrogens is 278 g/mol. The topological polar surface area (TPSA) is 75.4 Å². The van der Waals surface area contributed by atoms with Crippen LogP contribution in [0.4, 0.5) is 4.79 Å². The second kappa shape index (κ2) is 7.29. The molecule has 2 rings (SSSR count). The molecule has 0 unspecified atom stereocenters. The highest BCUT2D eigenvalue weighted by atomic mass is 16.2. The van der Waals surface area contributed by atoms with Gasteiger partial charge in [-0.3, -0.25) is 4.79 Å². The van der Waals surface area contributed by atoms with Crippen molar-refractivity contribution in [3.05, 3.63) is 35.4 Å². The predicted molar refractivity (Wildman–Crippen MR) is 86.4 cm³/mol. The van der Waals surface area contributed by atoms with Gasteiger partial charge in [0.1, 0.15) is 0 Å². The number of amides is 3. The Morgan fingerprint density at radius 1 is 1.27 bits per heavy atom. The molecule has 0 spiro atoms. The summed E-state index contributed by atoms with van der Waals surface area (Å²) in [6.07, 6.45) is 4.51. The van der Waals surface area contributed by atoms with Gasteiger partial charge in [0.15, 0.2) is 0 Å². The van der Waals surface area contributed by atoms with E-state index in [9.17, 15) is 9.59 Å². The predicted octanol–water partition coefficient (Wildman–Crippen LogP) is 2.51. The first-order valence-corrected chi connectivity index (χ1v) is 7.86. The van der Waals surface area contributed by atoms with Crippen LogP contribution in [0.2, 0.25) is 0 Å². The molecule has 1 fully saturated rings. The summed E-state index contributed by atoms with van der Waals surface area (Å²) in [5, 5.41) is 2.91. The average molecular weight is 303 g/mol. The minimum absolute atomic E-state index is 0.0657. The van der Waals surface area contributed by atoms with Crippen molar-refractivity contribution in [2.24, 2.45) is 11.7 Å². The Kier molecular flexibility index (Phi) is 5.41. The zero-order valence-electron chi connectivity index (χ0n) is 13.3. The summed E-state index contributed by atoms with van der Waals surface area (Å²) >= 11 is 0. The molecule has 0 atom stereocenters. The van der Waals surface area contributed by atoms with Gasteiger partial charge in [-0.25, -0.2) is 4.79 Å². The number of rotatable bonds is 4. The number of nitrogens with one attached hydrogen (secondary N) is 1. The molecule has 120 valence electrons. The van der Waals surface area contributed by atoms with Crippen LogP contribution < -0.4 is 11.1 Å². The number of hydrogen-bond acceptors (Lipinski definition) is 2. The van der Waals surface area contributed by atoms with Crippen LogP contribution in [-0.2, 0) is 6.54 Å². The zero-order chi connectivity index (χ0) is 16.1. The van der Waals surface area contributed by atoms with Gasteiger partial charge >= 0.3 is 6.03 Å². The molecule has 0 aromatic heterocycles. The fourth-order valence-corrected chi connectivity index (χ4v) is 2.93. The summed E-state index contributed by atoms with van der Waals surface area (Å²) in [4.78, 5) is 25.2. The molecule has 0 saturated heterocycles. The van der Waals surface area contributed by atoms with E-state index < -0.39 is 5.91 Å². The van der Waals surface area contributed by atoms with Crippen LogP contribution in [-0.4, -0.2) is 29.9 Å². The molecule has 0 bridgehead atoms. The Bertz CT molecular complexity index is 536. The highest BCUT2D eigenvalue weighted by molar-refractivity contribution is 5.92. The number of primary amides is 1. The van der Waals surface area contributed by atoms with E-state index in [1.54, 1.807) is 18.2 Å². The van der Waals surface area contributed by atoms with Crippen LogP contribution in [0, 0.1) is 5.92 Å². The van der Waals surface area contributed by atoms with E-state index in [4.69, 9.17) is 5.73 Å². The van der Waals surface area contributed by atoms with Gasteiger partial charge in [0, 0.05) is 25.2 Å². The highest BCUT2D eigenvalue weighted by Gasteiger charge is 2.24.